The summed E-state index contributed by atoms with van der Waals surface area (Å²) in [5.74, 6) is -0.201. The van der Waals surface area contributed by atoms with Crippen molar-refractivity contribution in [2.75, 3.05) is 0 Å². The molecule has 5 aromatic rings. The number of benzene rings is 2. The number of aryl methyl sites for hydroxylation is 3. The Hall–Kier alpha value is -4.32. The predicted molar refractivity (Wildman–Crippen MR) is 134 cm³/mol. The van der Waals surface area contributed by atoms with Crippen LogP contribution in [0.2, 0.25) is 0 Å². The van der Waals surface area contributed by atoms with Gasteiger partial charge in [0.1, 0.15) is 0 Å². The fourth-order valence-electron chi connectivity index (χ4n) is 4.18. The van der Waals surface area contributed by atoms with E-state index in [2.05, 4.69) is 52.4 Å². The molecular formula is C28H25N5O. The van der Waals surface area contributed by atoms with Crippen LogP contribution in [-0.4, -0.2) is 25.7 Å². The molecule has 3 aromatic heterocycles. The number of hydrogen-bond acceptors (Lipinski definition) is 4. The summed E-state index contributed by atoms with van der Waals surface area (Å²) < 4.78 is 1.70. The molecule has 3 heterocycles. The highest BCUT2D eigenvalue weighted by Gasteiger charge is 2.17. The van der Waals surface area contributed by atoms with E-state index < -0.39 is 0 Å². The number of para-hydroxylation sites is 1. The monoisotopic (exact) mass is 447 g/mol. The van der Waals surface area contributed by atoms with E-state index in [1.807, 2.05) is 61.9 Å². The summed E-state index contributed by atoms with van der Waals surface area (Å²) in [6.07, 6.45) is 5.40. The van der Waals surface area contributed by atoms with Crippen LogP contribution in [0.5, 0.6) is 0 Å². The highest BCUT2D eigenvalue weighted by atomic mass is 16.1. The predicted octanol–water partition coefficient (Wildman–Crippen LogP) is 5.24. The summed E-state index contributed by atoms with van der Waals surface area (Å²) in [7, 11) is 1.85. The highest BCUT2D eigenvalue weighted by molar-refractivity contribution is 6.01. The summed E-state index contributed by atoms with van der Waals surface area (Å²) in [6.45, 7) is 4.46. The first kappa shape index (κ1) is 21.5. The number of pyridine rings is 2. The molecule has 6 heteroatoms. The molecule has 5 rings (SSSR count). The molecule has 0 radical (unpaired) electrons. The first-order valence-corrected chi connectivity index (χ1v) is 11.2. The van der Waals surface area contributed by atoms with Gasteiger partial charge in [-0.05, 0) is 37.6 Å². The fourth-order valence-corrected chi connectivity index (χ4v) is 4.18. The number of carbonyl (C=O) groups excluding carboxylic acids is 1. The molecule has 0 saturated heterocycles. The molecule has 0 aliphatic rings. The first-order chi connectivity index (χ1) is 16.5. The average molecular weight is 448 g/mol. The largest absolute Gasteiger partial charge is 0.346 e. The minimum absolute atomic E-state index is 0.201. The summed E-state index contributed by atoms with van der Waals surface area (Å²) >= 11 is 0. The van der Waals surface area contributed by atoms with E-state index in [0.717, 1.165) is 33.3 Å². The van der Waals surface area contributed by atoms with E-state index in [4.69, 9.17) is 0 Å². The van der Waals surface area contributed by atoms with E-state index in [-0.39, 0.29) is 5.91 Å². The van der Waals surface area contributed by atoms with Crippen LogP contribution < -0.4 is 5.32 Å². The zero-order valence-corrected chi connectivity index (χ0v) is 19.4. The van der Waals surface area contributed by atoms with Gasteiger partial charge in [-0.2, -0.15) is 5.10 Å². The topological polar surface area (TPSA) is 72.7 Å². The Labute approximate surface area is 198 Å². The van der Waals surface area contributed by atoms with Gasteiger partial charge >= 0.3 is 0 Å². The van der Waals surface area contributed by atoms with Gasteiger partial charge in [0.15, 0.2) is 0 Å². The maximum Gasteiger partial charge on any atom is 0.253 e. The second-order valence-corrected chi connectivity index (χ2v) is 8.58. The molecular weight excluding hydrogens is 422 g/mol. The Morgan fingerprint density at radius 1 is 0.912 bits per heavy atom. The van der Waals surface area contributed by atoms with Crippen LogP contribution in [0, 0.1) is 13.8 Å². The van der Waals surface area contributed by atoms with Crippen LogP contribution in [0.3, 0.4) is 0 Å². The molecule has 0 aliphatic carbocycles. The van der Waals surface area contributed by atoms with Gasteiger partial charge in [-0.15, -0.1) is 0 Å². The van der Waals surface area contributed by atoms with Crippen molar-refractivity contribution in [2.24, 2.45) is 7.05 Å². The van der Waals surface area contributed by atoms with Crippen LogP contribution in [0.25, 0.3) is 33.3 Å². The zero-order chi connectivity index (χ0) is 23.7. The van der Waals surface area contributed by atoms with Gasteiger partial charge in [-0.1, -0.05) is 53.6 Å². The van der Waals surface area contributed by atoms with E-state index >= 15 is 0 Å². The van der Waals surface area contributed by atoms with Crippen LogP contribution in [0.4, 0.5) is 0 Å². The van der Waals surface area contributed by atoms with Crippen LogP contribution in [-0.2, 0) is 13.6 Å². The molecule has 168 valence electrons. The Bertz CT molecular complexity index is 1500. The van der Waals surface area contributed by atoms with Crippen molar-refractivity contribution in [3.8, 4) is 22.4 Å². The lowest BCUT2D eigenvalue weighted by atomic mass is 9.99. The number of carbonyl (C=O) groups is 1. The normalized spacial score (nSPS) is 11.0. The third kappa shape index (κ3) is 4.43. The third-order valence-corrected chi connectivity index (χ3v) is 5.75. The van der Waals surface area contributed by atoms with E-state index in [1.54, 1.807) is 10.9 Å². The standard InChI is InChI=1S/C28H25N5O/c1-18-10-19(2)12-21(11-18)22-13-25(27(29-14-22)23-15-31-33(3)17-23)28(34)30-16-24-9-8-20-6-4-5-7-26(20)32-24/h4-15,17H,16H2,1-3H3,(H,30,34). The van der Waals surface area contributed by atoms with E-state index in [9.17, 15) is 4.79 Å². The summed E-state index contributed by atoms with van der Waals surface area (Å²) in [6, 6.07) is 20.2. The molecule has 0 atom stereocenters. The Kier molecular flexibility index (Phi) is 5.64. The van der Waals surface area contributed by atoms with Crippen LogP contribution in [0.1, 0.15) is 27.2 Å². The second kappa shape index (κ2) is 8.90. The molecule has 0 fully saturated rings. The summed E-state index contributed by atoms with van der Waals surface area (Å²) in [5, 5.41) is 8.36. The molecule has 0 bridgehead atoms. The van der Waals surface area contributed by atoms with Crippen molar-refractivity contribution in [2.45, 2.75) is 20.4 Å². The molecule has 6 nitrogen and oxygen atoms in total. The molecule has 1 amide bonds. The molecule has 0 saturated carbocycles. The lowest BCUT2D eigenvalue weighted by molar-refractivity contribution is 0.0951. The fraction of sp³-hybridized carbons (Fsp3) is 0.143. The third-order valence-electron chi connectivity index (χ3n) is 5.75. The van der Waals surface area contributed by atoms with Crippen molar-refractivity contribution < 1.29 is 4.79 Å². The Morgan fingerprint density at radius 3 is 2.47 bits per heavy atom. The number of nitrogens with one attached hydrogen (secondary N) is 1. The lowest BCUT2D eigenvalue weighted by Crippen LogP contribution is -2.24. The minimum atomic E-state index is -0.201. The van der Waals surface area contributed by atoms with Crippen molar-refractivity contribution >= 4 is 16.8 Å². The van der Waals surface area contributed by atoms with Crippen molar-refractivity contribution in [3.05, 3.63) is 102 Å². The van der Waals surface area contributed by atoms with Gasteiger partial charge in [0.25, 0.3) is 5.91 Å². The highest BCUT2D eigenvalue weighted by Crippen LogP contribution is 2.28. The molecule has 0 unspecified atom stereocenters. The van der Waals surface area contributed by atoms with E-state index in [0.29, 0.717) is 17.8 Å². The minimum Gasteiger partial charge on any atom is -0.346 e. The van der Waals surface area contributed by atoms with Gasteiger partial charge in [0.2, 0.25) is 0 Å². The zero-order valence-electron chi connectivity index (χ0n) is 19.4. The molecule has 2 aromatic carbocycles. The number of aromatic nitrogens is 4. The number of hydrogen-bond donors (Lipinski definition) is 1. The Balaban J connectivity index is 1.49. The van der Waals surface area contributed by atoms with E-state index in [1.165, 1.54) is 11.1 Å². The van der Waals surface area contributed by atoms with Crippen LogP contribution >= 0.6 is 0 Å². The number of amides is 1. The Morgan fingerprint density at radius 2 is 1.71 bits per heavy atom. The van der Waals surface area contributed by atoms with Crippen molar-refractivity contribution in [1.82, 2.24) is 25.1 Å². The van der Waals surface area contributed by atoms with Gasteiger partial charge in [0, 0.05) is 36.0 Å². The molecule has 1 N–H and O–H groups in total. The maximum atomic E-state index is 13.4. The SMILES string of the molecule is Cc1cc(C)cc(-c2cnc(-c3cnn(C)c3)c(C(=O)NCc3ccc4ccccc4n3)c2)c1. The number of nitrogens with zero attached hydrogens (tertiary/aromatic N) is 4. The van der Waals surface area contributed by atoms with Gasteiger partial charge in [-0.25, -0.2) is 0 Å². The quantitative estimate of drug-likeness (QED) is 0.400. The number of rotatable bonds is 5. The van der Waals surface area contributed by atoms with Crippen molar-refractivity contribution in [3.63, 3.8) is 0 Å². The van der Waals surface area contributed by atoms with Gasteiger partial charge in [-0.3, -0.25) is 19.4 Å². The summed E-state index contributed by atoms with van der Waals surface area (Å²) in [5.41, 5.74) is 7.87. The molecule has 0 spiro atoms. The molecule has 34 heavy (non-hydrogen) atoms. The molecule has 0 aliphatic heterocycles. The second-order valence-electron chi connectivity index (χ2n) is 8.58. The van der Waals surface area contributed by atoms with Crippen LogP contribution in [0.15, 0.2) is 79.3 Å². The van der Waals surface area contributed by atoms with Gasteiger partial charge < -0.3 is 5.32 Å². The number of fused-ring (bicyclic) bond motifs is 1. The van der Waals surface area contributed by atoms with Crippen molar-refractivity contribution in [1.29, 1.82) is 0 Å². The first-order valence-electron chi connectivity index (χ1n) is 11.2. The smallest absolute Gasteiger partial charge is 0.253 e. The van der Waals surface area contributed by atoms with Gasteiger partial charge in [0.05, 0.1) is 35.2 Å². The lowest BCUT2D eigenvalue weighted by Gasteiger charge is -2.12. The maximum absolute atomic E-state index is 13.4. The summed E-state index contributed by atoms with van der Waals surface area (Å²) in [4.78, 5) is 22.7. The average Bonchev–Trinajstić information content (AvgIpc) is 3.27.